The van der Waals surface area contributed by atoms with Crippen molar-refractivity contribution in [1.29, 1.82) is 0 Å². The molecule has 0 bridgehead atoms. The highest BCUT2D eigenvalue weighted by atomic mass is 79.9. The van der Waals surface area contributed by atoms with Crippen LogP contribution in [0.25, 0.3) is 0 Å². The zero-order valence-electron chi connectivity index (χ0n) is 9.07. The Morgan fingerprint density at radius 1 is 1.29 bits per heavy atom. The number of benzene rings is 1. The second-order valence-electron chi connectivity index (χ2n) is 3.54. The smallest absolute Gasteiger partial charge is 0.124 e. The van der Waals surface area contributed by atoms with E-state index in [0.717, 1.165) is 21.3 Å². The Morgan fingerprint density at radius 3 is 2.88 bits per heavy atom. The second-order valence-corrected chi connectivity index (χ2v) is 4.72. The van der Waals surface area contributed by atoms with Gasteiger partial charge in [-0.3, -0.25) is 4.98 Å². The number of hydrogen-bond acceptors (Lipinski definition) is 2. The van der Waals surface area contributed by atoms with Crippen LogP contribution in [-0.2, 0) is 12.5 Å². The van der Waals surface area contributed by atoms with E-state index >= 15 is 0 Å². The summed E-state index contributed by atoms with van der Waals surface area (Å²) in [6.45, 7) is 0.499. The maximum Gasteiger partial charge on any atom is 0.124 e. The fourth-order valence-corrected chi connectivity index (χ4v) is 2.06. The molecule has 88 valence electrons. The third kappa shape index (κ3) is 3.45. The topological polar surface area (TPSA) is 22.1 Å². The number of halogens is 2. The summed E-state index contributed by atoms with van der Waals surface area (Å²) >= 11 is 9.28. The van der Waals surface area contributed by atoms with E-state index in [4.69, 9.17) is 16.3 Å². The predicted octanol–water partition coefficient (Wildman–Crippen LogP) is 4.16. The van der Waals surface area contributed by atoms with Gasteiger partial charge in [-0.05, 0) is 24.3 Å². The van der Waals surface area contributed by atoms with Gasteiger partial charge in [0, 0.05) is 28.0 Å². The van der Waals surface area contributed by atoms with E-state index in [1.807, 2.05) is 30.3 Å². The predicted molar refractivity (Wildman–Crippen MR) is 72.3 cm³/mol. The van der Waals surface area contributed by atoms with Gasteiger partial charge < -0.3 is 4.74 Å². The summed E-state index contributed by atoms with van der Waals surface area (Å²) in [6.07, 6.45) is 3.53. The number of pyridine rings is 1. The molecule has 2 nitrogen and oxygen atoms in total. The lowest BCUT2D eigenvalue weighted by molar-refractivity contribution is 0.303. The Kier molecular flexibility index (Phi) is 4.40. The van der Waals surface area contributed by atoms with Crippen LogP contribution in [0.4, 0.5) is 0 Å². The van der Waals surface area contributed by atoms with Crippen molar-refractivity contribution in [3.05, 3.63) is 58.3 Å². The fourth-order valence-electron chi connectivity index (χ4n) is 1.44. The van der Waals surface area contributed by atoms with Crippen molar-refractivity contribution in [3.8, 4) is 5.75 Å². The highest BCUT2D eigenvalue weighted by molar-refractivity contribution is 9.10. The van der Waals surface area contributed by atoms with Gasteiger partial charge in [-0.15, -0.1) is 11.6 Å². The van der Waals surface area contributed by atoms with Crippen molar-refractivity contribution in [2.75, 3.05) is 0 Å². The van der Waals surface area contributed by atoms with Crippen LogP contribution < -0.4 is 4.74 Å². The molecule has 0 saturated heterocycles. The van der Waals surface area contributed by atoms with Crippen molar-refractivity contribution < 1.29 is 4.74 Å². The molecule has 1 heterocycles. The Morgan fingerprint density at radius 2 is 2.18 bits per heavy atom. The summed E-state index contributed by atoms with van der Waals surface area (Å²) in [6, 6.07) is 9.69. The van der Waals surface area contributed by atoms with Crippen LogP contribution in [-0.4, -0.2) is 4.98 Å². The highest BCUT2D eigenvalue weighted by Gasteiger charge is 2.04. The normalized spacial score (nSPS) is 10.2. The number of nitrogens with zero attached hydrogens (tertiary/aromatic N) is 1. The highest BCUT2D eigenvalue weighted by Crippen LogP contribution is 2.25. The minimum atomic E-state index is 0.432. The molecule has 0 amide bonds. The van der Waals surface area contributed by atoms with E-state index in [1.54, 1.807) is 12.4 Å². The lowest BCUT2D eigenvalue weighted by Gasteiger charge is -2.10. The summed E-state index contributed by atoms with van der Waals surface area (Å²) < 4.78 is 6.73. The average molecular weight is 313 g/mol. The molecule has 1 aromatic heterocycles. The van der Waals surface area contributed by atoms with Crippen LogP contribution in [0.5, 0.6) is 5.75 Å². The van der Waals surface area contributed by atoms with Crippen LogP contribution >= 0.6 is 27.5 Å². The summed E-state index contributed by atoms with van der Waals surface area (Å²) in [4.78, 5) is 4.04. The lowest BCUT2D eigenvalue weighted by atomic mass is 10.2. The van der Waals surface area contributed by atoms with Gasteiger partial charge in [0.25, 0.3) is 0 Å². The maximum absolute atomic E-state index is 5.87. The van der Waals surface area contributed by atoms with E-state index < -0.39 is 0 Å². The van der Waals surface area contributed by atoms with E-state index in [0.29, 0.717) is 12.5 Å². The first kappa shape index (κ1) is 12.4. The molecule has 0 N–H and O–H groups in total. The first-order chi connectivity index (χ1) is 8.29. The van der Waals surface area contributed by atoms with E-state index in [9.17, 15) is 0 Å². The van der Waals surface area contributed by atoms with E-state index in [-0.39, 0.29) is 0 Å². The van der Waals surface area contributed by atoms with Crippen LogP contribution in [0.1, 0.15) is 11.1 Å². The zero-order valence-corrected chi connectivity index (χ0v) is 11.4. The molecule has 17 heavy (non-hydrogen) atoms. The van der Waals surface area contributed by atoms with Gasteiger partial charge in [-0.1, -0.05) is 22.0 Å². The largest absolute Gasteiger partial charge is 0.489 e. The molecule has 0 radical (unpaired) electrons. The van der Waals surface area contributed by atoms with Gasteiger partial charge in [-0.2, -0.15) is 0 Å². The monoisotopic (exact) mass is 311 g/mol. The molecule has 0 aliphatic rings. The van der Waals surface area contributed by atoms with Crippen LogP contribution in [0.3, 0.4) is 0 Å². The quantitative estimate of drug-likeness (QED) is 0.791. The molecule has 0 aliphatic heterocycles. The Bertz CT molecular complexity index is 490. The number of aromatic nitrogens is 1. The number of ether oxygens (including phenoxy) is 1. The lowest BCUT2D eigenvalue weighted by Crippen LogP contribution is -1.98. The van der Waals surface area contributed by atoms with Crippen molar-refractivity contribution in [2.24, 2.45) is 0 Å². The van der Waals surface area contributed by atoms with Gasteiger partial charge in [-0.25, -0.2) is 0 Å². The molecule has 0 aliphatic carbocycles. The molecule has 1 aromatic carbocycles. The molecule has 0 saturated carbocycles. The van der Waals surface area contributed by atoms with Gasteiger partial charge in [0.15, 0.2) is 0 Å². The second kappa shape index (κ2) is 6.03. The van der Waals surface area contributed by atoms with Gasteiger partial charge in [0.1, 0.15) is 12.4 Å². The van der Waals surface area contributed by atoms with Crippen molar-refractivity contribution in [1.82, 2.24) is 4.98 Å². The third-order valence-electron chi connectivity index (χ3n) is 2.28. The van der Waals surface area contributed by atoms with E-state index in [1.165, 1.54) is 0 Å². The Labute approximate surface area is 114 Å². The van der Waals surface area contributed by atoms with Crippen LogP contribution in [0.2, 0.25) is 0 Å². The van der Waals surface area contributed by atoms with Gasteiger partial charge >= 0.3 is 0 Å². The summed E-state index contributed by atoms with van der Waals surface area (Å²) in [5, 5.41) is 0. The van der Waals surface area contributed by atoms with Crippen molar-refractivity contribution in [2.45, 2.75) is 12.5 Å². The summed E-state index contributed by atoms with van der Waals surface area (Å²) in [5.74, 6) is 1.24. The molecular weight excluding hydrogens is 302 g/mol. The molecule has 0 atom stereocenters. The summed E-state index contributed by atoms with van der Waals surface area (Å²) in [7, 11) is 0. The minimum Gasteiger partial charge on any atom is -0.489 e. The third-order valence-corrected chi connectivity index (χ3v) is 3.06. The molecule has 2 aromatic rings. The molecule has 2 rings (SSSR count). The first-order valence-electron chi connectivity index (χ1n) is 5.15. The summed E-state index contributed by atoms with van der Waals surface area (Å²) in [5.41, 5.74) is 2.01. The maximum atomic E-state index is 5.87. The van der Waals surface area contributed by atoms with Crippen LogP contribution in [0, 0.1) is 0 Å². The van der Waals surface area contributed by atoms with Crippen LogP contribution in [0.15, 0.2) is 47.2 Å². The SMILES string of the molecule is ClCc1cc(Br)ccc1OCc1cccnc1. The molecule has 4 heteroatoms. The molecule has 0 fully saturated rings. The van der Waals surface area contributed by atoms with E-state index in [2.05, 4.69) is 20.9 Å². The van der Waals surface area contributed by atoms with Crippen molar-refractivity contribution >= 4 is 27.5 Å². The molecule has 0 spiro atoms. The van der Waals surface area contributed by atoms with Crippen molar-refractivity contribution in [3.63, 3.8) is 0 Å². The molecule has 0 unspecified atom stereocenters. The zero-order chi connectivity index (χ0) is 12.1. The number of hydrogen-bond donors (Lipinski definition) is 0. The minimum absolute atomic E-state index is 0.432. The Hall–Kier alpha value is -1.06. The average Bonchev–Trinajstić information content (AvgIpc) is 2.38. The first-order valence-corrected chi connectivity index (χ1v) is 6.48. The number of rotatable bonds is 4. The number of alkyl halides is 1. The molecular formula is C13H11BrClNO. The Balaban J connectivity index is 2.09. The fraction of sp³-hybridized carbons (Fsp3) is 0.154. The van der Waals surface area contributed by atoms with Gasteiger partial charge in [0.05, 0.1) is 5.88 Å². The standard InChI is InChI=1S/C13H11BrClNO/c14-12-3-4-13(11(6-12)7-15)17-9-10-2-1-5-16-8-10/h1-6,8H,7,9H2. The van der Waals surface area contributed by atoms with Gasteiger partial charge in [0.2, 0.25) is 0 Å².